The van der Waals surface area contributed by atoms with Crippen LogP contribution in [-0.4, -0.2) is 13.1 Å². The molecule has 1 heterocycles. The summed E-state index contributed by atoms with van der Waals surface area (Å²) in [4.78, 5) is 3.54. The van der Waals surface area contributed by atoms with E-state index in [9.17, 15) is 4.39 Å². The molecule has 0 bridgehead atoms. The highest BCUT2D eigenvalue weighted by atomic mass is 32.1. The fourth-order valence-electron chi connectivity index (χ4n) is 2.69. The minimum Gasteiger partial charge on any atom is -0.361 e. The monoisotopic (exact) mass is 304 g/mol. The zero-order valence-electron chi connectivity index (χ0n) is 12.5. The van der Waals surface area contributed by atoms with Gasteiger partial charge in [0.2, 0.25) is 0 Å². The molecular formula is C17H21FN2S. The lowest BCUT2D eigenvalue weighted by molar-refractivity contribution is 0.595. The van der Waals surface area contributed by atoms with Crippen molar-refractivity contribution in [3.8, 4) is 0 Å². The van der Waals surface area contributed by atoms with E-state index in [1.165, 1.54) is 4.88 Å². The Kier molecular flexibility index (Phi) is 4.27. The molecule has 1 saturated carbocycles. The van der Waals surface area contributed by atoms with Crippen LogP contribution in [0.15, 0.2) is 35.7 Å². The van der Waals surface area contributed by atoms with Crippen LogP contribution in [0.4, 0.5) is 10.1 Å². The number of para-hydroxylation sites is 1. The van der Waals surface area contributed by atoms with Gasteiger partial charge in [0.15, 0.2) is 0 Å². The molecule has 2 nitrogen and oxygen atoms in total. The predicted molar refractivity (Wildman–Crippen MR) is 87.4 cm³/mol. The van der Waals surface area contributed by atoms with Gasteiger partial charge >= 0.3 is 0 Å². The molecule has 2 aromatic rings. The third kappa shape index (κ3) is 3.11. The molecule has 1 aliphatic carbocycles. The first-order valence-electron chi connectivity index (χ1n) is 7.45. The van der Waals surface area contributed by atoms with Gasteiger partial charge in [-0.1, -0.05) is 18.2 Å². The Hall–Kier alpha value is -1.39. The van der Waals surface area contributed by atoms with Crippen molar-refractivity contribution in [1.29, 1.82) is 0 Å². The Bertz CT molecular complexity index is 593. The second kappa shape index (κ2) is 6.16. The van der Waals surface area contributed by atoms with Gasteiger partial charge in [-0.15, -0.1) is 11.3 Å². The molecule has 0 spiro atoms. The van der Waals surface area contributed by atoms with Crippen LogP contribution in [0.5, 0.6) is 0 Å². The van der Waals surface area contributed by atoms with Crippen LogP contribution in [0.3, 0.4) is 0 Å². The maximum Gasteiger partial charge on any atom is 0.146 e. The van der Waals surface area contributed by atoms with Crippen molar-refractivity contribution in [2.75, 3.05) is 11.9 Å². The smallest absolute Gasteiger partial charge is 0.146 e. The van der Waals surface area contributed by atoms with Crippen molar-refractivity contribution in [2.24, 2.45) is 0 Å². The first kappa shape index (κ1) is 14.5. The van der Waals surface area contributed by atoms with Crippen molar-refractivity contribution in [3.63, 3.8) is 0 Å². The number of hydrogen-bond acceptors (Lipinski definition) is 3. The fourth-order valence-corrected chi connectivity index (χ4v) is 3.39. The van der Waals surface area contributed by atoms with Gasteiger partial charge in [-0.3, -0.25) is 0 Å². The molecule has 1 aromatic carbocycles. The molecule has 1 aliphatic rings. The van der Waals surface area contributed by atoms with Gasteiger partial charge in [-0.05, 0) is 49.9 Å². The topological polar surface area (TPSA) is 15.3 Å². The van der Waals surface area contributed by atoms with Crippen LogP contribution < -0.4 is 10.2 Å². The number of benzene rings is 1. The number of anilines is 1. The maximum atomic E-state index is 14.5. The minimum absolute atomic E-state index is 0.113. The van der Waals surface area contributed by atoms with E-state index in [2.05, 4.69) is 34.7 Å². The highest BCUT2D eigenvalue weighted by molar-refractivity contribution is 7.09. The van der Waals surface area contributed by atoms with Crippen LogP contribution in [0.1, 0.15) is 36.2 Å². The summed E-state index contributed by atoms with van der Waals surface area (Å²) in [6.45, 7) is 2.88. The molecule has 1 unspecified atom stereocenters. The summed E-state index contributed by atoms with van der Waals surface area (Å²) in [6.07, 6.45) is 2.32. The van der Waals surface area contributed by atoms with Gasteiger partial charge in [0.25, 0.3) is 0 Å². The van der Waals surface area contributed by atoms with Gasteiger partial charge in [0.1, 0.15) is 5.82 Å². The molecule has 0 aliphatic heterocycles. The molecule has 1 fully saturated rings. The lowest BCUT2D eigenvalue weighted by Crippen LogP contribution is -2.28. The number of nitrogens with one attached hydrogen (secondary N) is 1. The zero-order chi connectivity index (χ0) is 14.8. The number of thiophene rings is 1. The summed E-state index contributed by atoms with van der Waals surface area (Å²) in [5, 5.41) is 5.31. The Balaban J connectivity index is 1.98. The molecule has 0 saturated heterocycles. The van der Waals surface area contributed by atoms with Gasteiger partial charge < -0.3 is 10.2 Å². The number of rotatable bonds is 6. The Morgan fingerprint density at radius 2 is 2.14 bits per heavy atom. The highest BCUT2D eigenvalue weighted by Crippen LogP contribution is 2.38. The molecule has 0 radical (unpaired) electrons. The van der Waals surface area contributed by atoms with Gasteiger partial charge in [-0.25, -0.2) is 4.39 Å². The molecule has 1 N–H and O–H groups in total. The van der Waals surface area contributed by atoms with Crippen LogP contribution in [0.25, 0.3) is 0 Å². The van der Waals surface area contributed by atoms with E-state index in [0.29, 0.717) is 6.04 Å². The zero-order valence-corrected chi connectivity index (χ0v) is 13.3. The molecular weight excluding hydrogens is 283 g/mol. The standard InChI is InChI=1S/C17H21FN2S/c1-12(19-2)15-6-3-7-16(18)17(15)20(13-8-9-13)11-14-5-4-10-21-14/h3-7,10,12-13,19H,8-9,11H2,1-2H3. The van der Waals surface area contributed by atoms with Crippen molar-refractivity contribution in [3.05, 3.63) is 52.0 Å². The van der Waals surface area contributed by atoms with E-state index in [1.807, 2.05) is 13.1 Å². The first-order valence-corrected chi connectivity index (χ1v) is 8.33. The molecule has 4 heteroatoms. The summed E-state index contributed by atoms with van der Waals surface area (Å²) in [5.41, 5.74) is 1.82. The van der Waals surface area contributed by atoms with Crippen LogP contribution >= 0.6 is 11.3 Å². The Labute approximate surface area is 129 Å². The molecule has 3 rings (SSSR count). The van der Waals surface area contributed by atoms with Crippen molar-refractivity contribution in [2.45, 2.75) is 38.4 Å². The summed E-state index contributed by atoms with van der Waals surface area (Å²) >= 11 is 1.74. The quantitative estimate of drug-likeness (QED) is 0.854. The largest absolute Gasteiger partial charge is 0.361 e. The second-order valence-electron chi connectivity index (χ2n) is 5.63. The van der Waals surface area contributed by atoms with E-state index >= 15 is 0 Å². The first-order chi connectivity index (χ1) is 10.2. The average Bonchev–Trinajstić information content (AvgIpc) is 3.21. The number of nitrogens with zero attached hydrogens (tertiary/aromatic N) is 1. The lowest BCUT2D eigenvalue weighted by atomic mass is 10.0. The predicted octanol–water partition coefficient (Wildman–Crippen LogP) is 4.34. The van der Waals surface area contributed by atoms with Gasteiger partial charge in [0.05, 0.1) is 12.2 Å². The third-order valence-corrected chi connectivity index (χ3v) is 4.96. The average molecular weight is 304 g/mol. The Morgan fingerprint density at radius 3 is 2.76 bits per heavy atom. The van der Waals surface area contributed by atoms with E-state index in [4.69, 9.17) is 0 Å². The summed E-state index contributed by atoms with van der Waals surface area (Å²) in [7, 11) is 1.92. The van der Waals surface area contributed by atoms with Gasteiger partial charge in [-0.2, -0.15) is 0 Å². The Morgan fingerprint density at radius 1 is 1.33 bits per heavy atom. The molecule has 1 atom stereocenters. The van der Waals surface area contributed by atoms with Crippen LogP contribution in [-0.2, 0) is 6.54 Å². The summed E-state index contributed by atoms with van der Waals surface area (Å²) in [5.74, 6) is -0.113. The normalized spacial score (nSPS) is 16.0. The van der Waals surface area contributed by atoms with E-state index < -0.39 is 0 Å². The van der Waals surface area contributed by atoms with Crippen molar-refractivity contribution in [1.82, 2.24) is 5.32 Å². The van der Waals surface area contributed by atoms with Crippen molar-refractivity contribution < 1.29 is 4.39 Å². The number of hydrogen-bond donors (Lipinski definition) is 1. The molecule has 21 heavy (non-hydrogen) atoms. The van der Waals surface area contributed by atoms with E-state index in [0.717, 1.165) is 30.6 Å². The molecule has 0 amide bonds. The number of halogens is 1. The summed E-state index contributed by atoms with van der Waals surface area (Å²) < 4.78 is 14.5. The van der Waals surface area contributed by atoms with Crippen molar-refractivity contribution >= 4 is 17.0 Å². The third-order valence-electron chi connectivity index (χ3n) is 4.10. The SMILES string of the molecule is CNC(C)c1cccc(F)c1N(Cc1cccs1)C1CC1. The van der Waals surface area contributed by atoms with E-state index in [1.54, 1.807) is 23.5 Å². The minimum atomic E-state index is -0.113. The van der Waals surface area contributed by atoms with Crippen LogP contribution in [0, 0.1) is 5.82 Å². The highest BCUT2D eigenvalue weighted by Gasteiger charge is 2.32. The maximum absolute atomic E-state index is 14.5. The second-order valence-corrected chi connectivity index (χ2v) is 6.66. The summed E-state index contributed by atoms with van der Waals surface area (Å²) in [6, 6.07) is 10.2. The van der Waals surface area contributed by atoms with Crippen LogP contribution in [0.2, 0.25) is 0 Å². The van der Waals surface area contributed by atoms with E-state index in [-0.39, 0.29) is 11.9 Å². The molecule has 112 valence electrons. The molecule has 1 aromatic heterocycles. The lowest BCUT2D eigenvalue weighted by Gasteiger charge is -2.29. The fraction of sp³-hybridized carbons (Fsp3) is 0.412. The van der Waals surface area contributed by atoms with Gasteiger partial charge in [0, 0.05) is 17.0 Å².